The maximum atomic E-state index is 11.6. The van der Waals surface area contributed by atoms with E-state index in [0.717, 1.165) is 22.3 Å². The molecule has 1 N–H and O–H groups in total. The van der Waals surface area contributed by atoms with Crippen LogP contribution in [-0.2, 0) is 16.8 Å². The van der Waals surface area contributed by atoms with Crippen LogP contribution in [0.4, 0.5) is 0 Å². The second kappa shape index (κ2) is 6.59. The van der Waals surface area contributed by atoms with Crippen molar-refractivity contribution in [2.45, 2.75) is 32.8 Å². The molecule has 0 spiro atoms. The van der Waals surface area contributed by atoms with Gasteiger partial charge in [-0.2, -0.15) is 0 Å². The molecule has 0 fully saturated rings. The SMILES string of the molecule is COC(=O)c1ccc2nc(COc3ccccc3C(C)(C)C)[nH]c2c1. The molecule has 5 heteroatoms. The van der Waals surface area contributed by atoms with Crippen LogP contribution >= 0.6 is 0 Å². The molecule has 0 bridgehead atoms. The third-order valence-electron chi connectivity index (χ3n) is 4.01. The molecule has 0 aliphatic heterocycles. The van der Waals surface area contributed by atoms with Crippen LogP contribution < -0.4 is 4.74 Å². The van der Waals surface area contributed by atoms with Gasteiger partial charge in [-0.1, -0.05) is 39.0 Å². The molecule has 0 atom stereocenters. The number of aromatic amines is 1. The Morgan fingerprint density at radius 1 is 1.16 bits per heavy atom. The molecule has 0 unspecified atom stereocenters. The minimum atomic E-state index is -0.367. The monoisotopic (exact) mass is 338 g/mol. The number of benzene rings is 2. The van der Waals surface area contributed by atoms with Crippen LogP contribution in [0.3, 0.4) is 0 Å². The highest BCUT2D eigenvalue weighted by Gasteiger charge is 2.18. The number of imidazole rings is 1. The zero-order valence-electron chi connectivity index (χ0n) is 14.9. The Bertz CT molecular complexity index is 907. The summed E-state index contributed by atoms with van der Waals surface area (Å²) < 4.78 is 10.7. The van der Waals surface area contributed by atoms with Crippen LogP contribution in [0.2, 0.25) is 0 Å². The van der Waals surface area contributed by atoms with Crippen LogP contribution in [0.15, 0.2) is 42.5 Å². The number of rotatable bonds is 4. The number of para-hydroxylation sites is 1. The van der Waals surface area contributed by atoms with Crippen molar-refractivity contribution >= 4 is 17.0 Å². The Balaban J connectivity index is 1.82. The van der Waals surface area contributed by atoms with Gasteiger partial charge >= 0.3 is 5.97 Å². The zero-order valence-corrected chi connectivity index (χ0v) is 14.9. The number of methoxy groups -OCH3 is 1. The quantitative estimate of drug-likeness (QED) is 0.723. The van der Waals surface area contributed by atoms with E-state index in [4.69, 9.17) is 9.47 Å². The molecule has 3 rings (SSSR count). The van der Waals surface area contributed by atoms with E-state index in [-0.39, 0.29) is 11.4 Å². The topological polar surface area (TPSA) is 64.2 Å². The Morgan fingerprint density at radius 2 is 1.92 bits per heavy atom. The summed E-state index contributed by atoms with van der Waals surface area (Å²) in [5.41, 5.74) is 3.21. The van der Waals surface area contributed by atoms with E-state index in [1.165, 1.54) is 7.11 Å². The highest BCUT2D eigenvalue weighted by molar-refractivity contribution is 5.93. The average Bonchev–Trinajstić information content (AvgIpc) is 3.00. The van der Waals surface area contributed by atoms with Crippen molar-refractivity contribution in [1.82, 2.24) is 9.97 Å². The minimum absolute atomic E-state index is 0.000113. The number of ether oxygens (including phenoxy) is 2. The fourth-order valence-corrected chi connectivity index (χ4v) is 2.73. The van der Waals surface area contributed by atoms with Crippen LogP contribution in [-0.4, -0.2) is 23.0 Å². The maximum Gasteiger partial charge on any atom is 0.337 e. The normalized spacial score (nSPS) is 11.5. The number of nitrogens with zero attached hydrogens (tertiary/aromatic N) is 1. The molecule has 0 radical (unpaired) electrons. The summed E-state index contributed by atoms with van der Waals surface area (Å²) in [4.78, 5) is 19.3. The Kier molecular flexibility index (Phi) is 4.49. The van der Waals surface area contributed by atoms with E-state index in [0.29, 0.717) is 18.0 Å². The lowest BCUT2D eigenvalue weighted by molar-refractivity contribution is 0.0601. The fraction of sp³-hybridized carbons (Fsp3) is 0.300. The van der Waals surface area contributed by atoms with Crippen LogP contribution in [0.25, 0.3) is 11.0 Å². The van der Waals surface area contributed by atoms with Gasteiger partial charge in [0.05, 0.1) is 23.7 Å². The number of fused-ring (bicyclic) bond motifs is 1. The van der Waals surface area contributed by atoms with Gasteiger partial charge < -0.3 is 14.5 Å². The van der Waals surface area contributed by atoms with Gasteiger partial charge in [0.1, 0.15) is 18.2 Å². The largest absolute Gasteiger partial charge is 0.485 e. The number of hydrogen-bond donors (Lipinski definition) is 1. The lowest BCUT2D eigenvalue weighted by Gasteiger charge is -2.22. The second-order valence-corrected chi connectivity index (χ2v) is 6.94. The number of esters is 1. The molecule has 0 saturated heterocycles. The van der Waals surface area contributed by atoms with E-state index in [2.05, 4.69) is 36.8 Å². The molecule has 0 aliphatic carbocycles. The molecule has 0 saturated carbocycles. The van der Waals surface area contributed by atoms with Gasteiger partial charge in [0.25, 0.3) is 0 Å². The van der Waals surface area contributed by atoms with Gasteiger partial charge in [0.15, 0.2) is 0 Å². The lowest BCUT2D eigenvalue weighted by Crippen LogP contribution is -2.13. The molecule has 3 aromatic rings. The number of H-pyrrole nitrogens is 1. The highest BCUT2D eigenvalue weighted by atomic mass is 16.5. The zero-order chi connectivity index (χ0) is 18.0. The minimum Gasteiger partial charge on any atom is -0.485 e. The summed E-state index contributed by atoms with van der Waals surface area (Å²) in [5, 5.41) is 0. The maximum absolute atomic E-state index is 11.6. The predicted molar refractivity (Wildman–Crippen MR) is 96.9 cm³/mol. The van der Waals surface area contributed by atoms with Gasteiger partial charge in [-0.3, -0.25) is 0 Å². The van der Waals surface area contributed by atoms with Gasteiger partial charge in [-0.05, 0) is 35.2 Å². The fourth-order valence-electron chi connectivity index (χ4n) is 2.73. The van der Waals surface area contributed by atoms with Crippen molar-refractivity contribution in [3.8, 4) is 5.75 Å². The molecule has 0 aliphatic rings. The molecule has 0 amide bonds. The number of hydrogen-bond acceptors (Lipinski definition) is 4. The summed E-state index contributed by atoms with van der Waals surface area (Å²) in [6.45, 7) is 6.80. The van der Waals surface area contributed by atoms with Gasteiger partial charge in [-0.25, -0.2) is 9.78 Å². The summed E-state index contributed by atoms with van der Waals surface area (Å²) in [6, 6.07) is 13.3. The van der Waals surface area contributed by atoms with Crippen molar-refractivity contribution in [3.63, 3.8) is 0 Å². The van der Waals surface area contributed by atoms with Crippen molar-refractivity contribution in [3.05, 3.63) is 59.4 Å². The number of carbonyl (C=O) groups excluding carboxylic acids is 1. The first-order chi connectivity index (χ1) is 11.9. The van der Waals surface area contributed by atoms with Crippen molar-refractivity contribution < 1.29 is 14.3 Å². The average molecular weight is 338 g/mol. The molecular formula is C20H22N2O3. The third kappa shape index (κ3) is 3.65. The first kappa shape index (κ1) is 17.0. The first-order valence-electron chi connectivity index (χ1n) is 8.18. The highest BCUT2D eigenvalue weighted by Crippen LogP contribution is 2.31. The predicted octanol–water partition coefficient (Wildman–Crippen LogP) is 4.23. The molecule has 1 heterocycles. The Hall–Kier alpha value is -2.82. The number of nitrogens with one attached hydrogen (secondary N) is 1. The second-order valence-electron chi connectivity index (χ2n) is 6.94. The summed E-state index contributed by atoms with van der Waals surface area (Å²) in [5.74, 6) is 1.19. The Morgan fingerprint density at radius 3 is 2.64 bits per heavy atom. The first-order valence-corrected chi connectivity index (χ1v) is 8.18. The summed E-state index contributed by atoms with van der Waals surface area (Å²) >= 11 is 0. The third-order valence-corrected chi connectivity index (χ3v) is 4.01. The summed E-state index contributed by atoms with van der Waals surface area (Å²) in [7, 11) is 1.37. The number of aromatic nitrogens is 2. The van der Waals surface area contributed by atoms with E-state index >= 15 is 0 Å². The smallest absolute Gasteiger partial charge is 0.337 e. The van der Waals surface area contributed by atoms with E-state index < -0.39 is 0 Å². The molecule has 25 heavy (non-hydrogen) atoms. The van der Waals surface area contributed by atoms with Gasteiger partial charge in [0, 0.05) is 0 Å². The molecular weight excluding hydrogens is 316 g/mol. The van der Waals surface area contributed by atoms with Crippen molar-refractivity contribution in [1.29, 1.82) is 0 Å². The molecule has 2 aromatic carbocycles. The summed E-state index contributed by atoms with van der Waals surface area (Å²) in [6.07, 6.45) is 0. The molecule has 1 aromatic heterocycles. The van der Waals surface area contributed by atoms with Crippen LogP contribution in [0.1, 0.15) is 42.5 Å². The Labute approximate surface area is 147 Å². The molecule has 130 valence electrons. The van der Waals surface area contributed by atoms with Gasteiger partial charge in [0.2, 0.25) is 0 Å². The van der Waals surface area contributed by atoms with E-state index in [1.807, 2.05) is 18.2 Å². The number of carbonyl (C=O) groups is 1. The van der Waals surface area contributed by atoms with Crippen molar-refractivity contribution in [2.75, 3.05) is 7.11 Å². The lowest BCUT2D eigenvalue weighted by atomic mass is 9.86. The molecule has 5 nitrogen and oxygen atoms in total. The van der Waals surface area contributed by atoms with E-state index in [9.17, 15) is 4.79 Å². The van der Waals surface area contributed by atoms with Crippen LogP contribution in [0, 0.1) is 0 Å². The van der Waals surface area contributed by atoms with Crippen LogP contribution in [0.5, 0.6) is 5.75 Å². The van der Waals surface area contributed by atoms with E-state index in [1.54, 1.807) is 18.2 Å². The standard InChI is InChI=1S/C20H22N2O3/c1-20(2,3)14-7-5-6-8-17(14)25-12-18-21-15-10-9-13(19(23)24-4)11-16(15)22-18/h5-11H,12H2,1-4H3,(H,21,22). The van der Waals surface area contributed by atoms with Crippen molar-refractivity contribution in [2.24, 2.45) is 0 Å². The van der Waals surface area contributed by atoms with Gasteiger partial charge in [-0.15, -0.1) is 0 Å².